The Morgan fingerprint density at radius 1 is 1.53 bits per heavy atom. The van der Waals surface area contributed by atoms with Crippen molar-refractivity contribution in [3.63, 3.8) is 0 Å². The van der Waals surface area contributed by atoms with E-state index in [1.807, 2.05) is 6.92 Å². The van der Waals surface area contributed by atoms with Crippen LogP contribution in [-0.2, 0) is 11.3 Å². The summed E-state index contributed by atoms with van der Waals surface area (Å²) in [6, 6.07) is 0. The van der Waals surface area contributed by atoms with Gasteiger partial charge in [0.15, 0.2) is 0 Å². The van der Waals surface area contributed by atoms with Crippen molar-refractivity contribution in [1.82, 2.24) is 20.6 Å². The number of aromatic nitrogens is 2. The first-order chi connectivity index (χ1) is 8.25. The average molecular weight is 234 g/mol. The van der Waals surface area contributed by atoms with E-state index in [1.165, 1.54) is 0 Å². The van der Waals surface area contributed by atoms with Gasteiger partial charge in [-0.15, -0.1) is 0 Å². The number of piperidine rings is 1. The normalized spacial score (nSPS) is 19.9. The summed E-state index contributed by atoms with van der Waals surface area (Å²) in [6.07, 6.45) is 5.46. The Morgan fingerprint density at radius 3 is 3.06 bits per heavy atom. The van der Waals surface area contributed by atoms with E-state index in [4.69, 9.17) is 0 Å². The molecule has 0 bridgehead atoms. The van der Waals surface area contributed by atoms with Crippen LogP contribution >= 0.6 is 0 Å². The highest BCUT2D eigenvalue weighted by Gasteiger charge is 2.20. The second-order valence-corrected chi connectivity index (χ2v) is 4.41. The van der Waals surface area contributed by atoms with Gasteiger partial charge in [-0.3, -0.25) is 14.8 Å². The van der Waals surface area contributed by atoms with Crippen molar-refractivity contribution >= 4 is 5.91 Å². The number of carbonyl (C=O) groups excluding carboxylic acids is 1. The number of nitrogens with zero attached hydrogens (tertiary/aromatic N) is 2. The van der Waals surface area contributed by atoms with Gasteiger partial charge >= 0.3 is 0 Å². The van der Waals surface area contributed by atoms with Crippen molar-refractivity contribution in [2.45, 2.75) is 26.3 Å². The summed E-state index contributed by atoms with van der Waals surface area (Å²) in [5.74, 6) is 0.210. The van der Waals surface area contributed by atoms with Gasteiger partial charge in [0.1, 0.15) is 0 Å². The summed E-state index contributed by atoms with van der Waals surface area (Å²) >= 11 is 0. The quantitative estimate of drug-likeness (QED) is 0.794. The van der Waals surface area contributed by atoms with Crippen molar-refractivity contribution < 1.29 is 4.79 Å². The average Bonchev–Trinajstić information content (AvgIpc) is 2.39. The molecule has 0 spiro atoms. The number of carbonyl (C=O) groups is 1. The van der Waals surface area contributed by atoms with E-state index in [-0.39, 0.29) is 11.8 Å². The topological polar surface area (TPSA) is 66.9 Å². The van der Waals surface area contributed by atoms with Crippen molar-refractivity contribution in [2.75, 3.05) is 13.1 Å². The van der Waals surface area contributed by atoms with Gasteiger partial charge < -0.3 is 10.6 Å². The molecule has 1 saturated heterocycles. The van der Waals surface area contributed by atoms with Crippen molar-refractivity contribution in [2.24, 2.45) is 5.92 Å². The van der Waals surface area contributed by atoms with Gasteiger partial charge in [-0.25, -0.2) is 0 Å². The maximum Gasteiger partial charge on any atom is 0.224 e. The van der Waals surface area contributed by atoms with Crippen molar-refractivity contribution in [1.29, 1.82) is 0 Å². The van der Waals surface area contributed by atoms with Crippen LogP contribution in [0.4, 0.5) is 0 Å². The summed E-state index contributed by atoms with van der Waals surface area (Å²) in [5, 5.41) is 6.14. The molecule has 92 valence electrons. The molecule has 1 atom stereocenters. The summed E-state index contributed by atoms with van der Waals surface area (Å²) < 4.78 is 0. The van der Waals surface area contributed by atoms with E-state index in [9.17, 15) is 4.79 Å². The molecule has 1 aromatic heterocycles. The van der Waals surface area contributed by atoms with Crippen LogP contribution in [0.15, 0.2) is 12.4 Å². The molecule has 0 aromatic carbocycles. The van der Waals surface area contributed by atoms with E-state index in [1.54, 1.807) is 12.4 Å². The molecule has 0 saturated carbocycles. The van der Waals surface area contributed by atoms with Crippen LogP contribution in [0, 0.1) is 12.8 Å². The van der Waals surface area contributed by atoms with Gasteiger partial charge in [-0.1, -0.05) is 0 Å². The van der Waals surface area contributed by atoms with E-state index in [2.05, 4.69) is 20.6 Å². The molecule has 2 heterocycles. The molecule has 1 aliphatic heterocycles. The highest BCUT2D eigenvalue weighted by molar-refractivity contribution is 5.78. The Labute approximate surface area is 101 Å². The maximum atomic E-state index is 11.8. The summed E-state index contributed by atoms with van der Waals surface area (Å²) in [5.41, 5.74) is 1.68. The lowest BCUT2D eigenvalue weighted by atomic mass is 9.99. The fourth-order valence-corrected chi connectivity index (χ4v) is 1.91. The number of aryl methyl sites for hydroxylation is 1. The zero-order valence-electron chi connectivity index (χ0n) is 10.1. The molecule has 1 amide bonds. The Balaban J connectivity index is 1.81. The van der Waals surface area contributed by atoms with E-state index in [0.29, 0.717) is 6.54 Å². The Kier molecular flexibility index (Phi) is 4.03. The van der Waals surface area contributed by atoms with Crippen LogP contribution in [-0.4, -0.2) is 29.0 Å². The van der Waals surface area contributed by atoms with Gasteiger partial charge in [-0.2, -0.15) is 0 Å². The first kappa shape index (κ1) is 12.0. The Morgan fingerprint density at radius 2 is 2.41 bits per heavy atom. The van der Waals surface area contributed by atoms with Crippen LogP contribution in [0.2, 0.25) is 0 Å². The molecular weight excluding hydrogens is 216 g/mol. The minimum atomic E-state index is 0.0992. The smallest absolute Gasteiger partial charge is 0.224 e. The highest BCUT2D eigenvalue weighted by Crippen LogP contribution is 2.09. The van der Waals surface area contributed by atoms with Crippen molar-refractivity contribution in [3.05, 3.63) is 23.8 Å². The van der Waals surface area contributed by atoms with Crippen LogP contribution < -0.4 is 10.6 Å². The third-order valence-electron chi connectivity index (χ3n) is 2.95. The Hall–Kier alpha value is -1.49. The molecule has 1 aliphatic rings. The number of rotatable bonds is 3. The van der Waals surface area contributed by atoms with Crippen molar-refractivity contribution in [3.8, 4) is 0 Å². The molecule has 0 unspecified atom stereocenters. The minimum Gasteiger partial charge on any atom is -0.350 e. The molecule has 0 radical (unpaired) electrons. The van der Waals surface area contributed by atoms with E-state index < -0.39 is 0 Å². The second-order valence-electron chi connectivity index (χ2n) is 4.41. The molecule has 17 heavy (non-hydrogen) atoms. The van der Waals surface area contributed by atoms with Crippen LogP contribution in [0.5, 0.6) is 0 Å². The van der Waals surface area contributed by atoms with Crippen LogP contribution in [0.3, 0.4) is 0 Å². The van der Waals surface area contributed by atoms with Gasteiger partial charge in [0.05, 0.1) is 30.0 Å². The number of amides is 1. The monoisotopic (exact) mass is 234 g/mol. The first-order valence-corrected chi connectivity index (χ1v) is 6.01. The van der Waals surface area contributed by atoms with Gasteiger partial charge in [0.25, 0.3) is 0 Å². The SMILES string of the molecule is Cc1cnc(CNC(=O)[C@@H]2CCCNC2)cn1. The molecular formula is C12H18N4O. The zero-order chi connectivity index (χ0) is 12.1. The molecule has 0 aliphatic carbocycles. The third kappa shape index (κ3) is 3.49. The fourth-order valence-electron chi connectivity index (χ4n) is 1.91. The predicted molar refractivity (Wildman–Crippen MR) is 64.2 cm³/mol. The zero-order valence-corrected chi connectivity index (χ0v) is 10.1. The second kappa shape index (κ2) is 5.72. The number of hydrogen-bond acceptors (Lipinski definition) is 4. The standard InChI is InChI=1S/C12H18N4O/c1-9-5-15-11(7-14-9)8-16-12(17)10-3-2-4-13-6-10/h5,7,10,13H,2-4,6,8H2,1H3,(H,16,17)/t10-/m1/s1. The maximum absolute atomic E-state index is 11.8. The van der Waals surface area contributed by atoms with E-state index >= 15 is 0 Å². The predicted octanol–water partition coefficient (Wildman–Crippen LogP) is 0.401. The molecule has 1 aromatic rings. The highest BCUT2D eigenvalue weighted by atomic mass is 16.1. The molecule has 1 fully saturated rings. The van der Waals surface area contributed by atoms with Gasteiger partial charge in [0, 0.05) is 12.7 Å². The minimum absolute atomic E-state index is 0.0992. The van der Waals surface area contributed by atoms with Crippen LogP contribution in [0.25, 0.3) is 0 Å². The van der Waals surface area contributed by atoms with Gasteiger partial charge in [-0.05, 0) is 26.3 Å². The molecule has 2 N–H and O–H groups in total. The fraction of sp³-hybridized carbons (Fsp3) is 0.583. The molecule has 5 heteroatoms. The number of hydrogen-bond donors (Lipinski definition) is 2. The summed E-state index contributed by atoms with van der Waals surface area (Å²) in [7, 11) is 0. The molecule has 5 nitrogen and oxygen atoms in total. The number of nitrogens with one attached hydrogen (secondary N) is 2. The summed E-state index contributed by atoms with van der Waals surface area (Å²) in [4.78, 5) is 20.2. The lowest BCUT2D eigenvalue weighted by Crippen LogP contribution is -2.40. The lowest BCUT2D eigenvalue weighted by molar-refractivity contribution is -0.125. The third-order valence-corrected chi connectivity index (χ3v) is 2.95. The van der Waals surface area contributed by atoms with E-state index in [0.717, 1.165) is 37.3 Å². The molecule has 2 rings (SSSR count). The lowest BCUT2D eigenvalue weighted by Gasteiger charge is -2.21. The summed E-state index contributed by atoms with van der Waals surface area (Å²) in [6.45, 7) is 4.16. The largest absolute Gasteiger partial charge is 0.350 e. The van der Waals surface area contributed by atoms with Gasteiger partial charge in [0.2, 0.25) is 5.91 Å². The van der Waals surface area contributed by atoms with Crippen LogP contribution in [0.1, 0.15) is 24.2 Å². The Bertz CT molecular complexity index is 371. The first-order valence-electron chi connectivity index (χ1n) is 6.01.